The zero-order valence-corrected chi connectivity index (χ0v) is 14.8. The summed E-state index contributed by atoms with van der Waals surface area (Å²) in [6.07, 6.45) is 0. The number of carbonyl (C=O) groups excluding carboxylic acids is 1. The van der Waals surface area contributed by atoms with Gasteiger partial charge >= 0.3 is 5.69 Å². The molecular weight excluding hydrogens is 332 g/mol. The molecule has 24 heavy (non-hydrogen) atoms. The van der Waals surface area contributed by atoms with Crippen molar-refractivity contribution in [1.29, 1.82) is 0 Å². The molecule has 2 rings (SSSR count). The van der Waals surface area contributed by atoms with Crippen molar-refractivity contribution < 1.29 is 14.5 Å². The van der Waals surface area contributed by atoms with Gasteiger partial charge in [-0.3, -0.25) is 14.9 Å². The highest BCUT2D eigenvalue weighted by Gasteiger charge is 2.20. The number of nitrogens with zero attached hydrogens (tertiary/aromatic N) is 2. The molecule has 0 radical (unpaired) electrons. The number of Topliss-reactive ketones (excluding diaryl/α,β-unsaturated/α-hetero) is 1. The van der Waals surface area contributed by atoms with Crippen LogP contribution in [0, 0.1) is 24.0 Å². The minimum absolute atomic E-state index is 0.0235. The van der Waals surface area contributed by atoms with Gasteiger partial charge in [-0.1, -0.05) is 11.6 Å². The molecule has 1 aromatic heterocycles. The van der Waals surface area contributed by atoms with Crippen molar-refractivity contribution in [2.24, 2.45) is 0 Å². The Labute approximate surface area is 145 Å². The second kappa shape index (κ2) is 7.05. The van der Waals surface area contributed by atoms with Crippen LogP contribution >= 0.6 is 11.6 Å². The molecule has 6 nitrogen and oxygen atoms in total. The molecule has 0 aliphatic heterocycles. The number of ether oxygens (including phenoxy) is 1. The molecule has 0 saturated heterocycles. The molecule has 0 aliphatic rings. The number of ketones is 1. The maximum atomic E-state index is 12.4. The van der Waals surface area contributed by atoms with Crippen LogP contribution in [0.3, 0.4) is 0 Å². The average Bonchev–Trinajstić information content (AvgIpc) is 2.80. The van der Waals surface area contributed by atoms with Gasteiger partial charge in [0.25, 0.3) is 0 Å². The SMILES string of the molecule is Cc1cc(C(=O)COc2ccc(Cl)cc2[N+](=O)[O-])c(C)n1C(C)C. The third-order valence-corrected chi connectivity index (χ3v) is 4.01. The summed E-state index contributed by atoms with van der Waals surface area (Å²) in [5.74, 6) is -0.199. The van der Waals surface area contributed by atoms with Gasteiger partial charge in [0, 0.05) is 34.1 Å². The summed E-state index contributed by atoms with van der Waals surface area (Å²) in [4.78, 5) is 22.9. The lowest BCUT2D eigenvalue weighted by Crippen LogP contribution is -2.14. The van der Waals surface area contributed by atoms with E-state index in [0.717, 1.165) is 11.4 Å². The van der Waals surface area contributed by atoms with Crippen LogP contribution in [-0.2, 0) is 0 Å². The summed E-state index contributed by atoms with van der Waals surface area (Å²) in [6.45, 7) is 7.63. The van der Waals surface area contributed by atoms with E-state index in [1.54, 1.807) is 0 Å². The molecular formula is C17H19ClN2O4. The smallest absolute Gasteiger partial charge is 0.312 e. The van der Waals surface area contributed by atoms with Crippen molar-refractivity contribution in [3.8, 4) is 5.75 Å². The van der Waals surface area contributed by atoms with E-state index in [-0.39, 0.29) is 34.9 Å². The zero-order valence-electron chi connectivity index (χ0n) is 14.0. The van der Waals surface area contributed by atoms with Crippen LogP contribution in [0.15, 0.2) is 24.3 Å². The van der Waals surface area contributed by atoms with Gasteiger partial charge in [-0.15, -0.1) is 0 Å². The molecule has 0 atom stereocenters. The van der Waals surface area contributed by atoms with Gasteiger partial charge in [0.05, 0.1) is 4.92 Å². The number of hydrogen-bond donors (Lipinski definition) is 0. The molecule has 0 aliphatic carbocycles. The molecule has 0 N–H and O–H groups in total. The van der Waals surface area contributed by atoms with Crippen molar-refractivity contribution in [2.45, 2.75) is 33.7 Å². The predicted molar refractivity (Wildman–Crippen MR) is 92.2 cm³/mol. The molecule has 1 heterocycles. The van der Waals surface area contributed by atoms with Gasteiger partial charge < -0.3 is 9.30 Å². The number of aromatic nitrogens is 1. The van der Waals surface area contributed by atoms with Crippen LogP contribution in [0.5, 0.6) is 5.75 Å². The second-order valence-electron chi connectivity index (χ2n) is 5.83. The third kappa shape index (κ3) is 3.59. The quantitative estimate of drug-likeness (QED) is 0.436. The standard InChI is InChI=1S/C17H19ClN2O4/c1-10(2)19-11(3)7-14(12(19)4)16(21)9-24-17-6-5-13(18)8-15(17)20(22)23/h5-8,10H,9H2,1-4H3. The van der Waals surface area contributed by atoms with Crippen LogP contribution in [0.25, 0.3) is 0 Å². The van der Waals surface area contributed by atoms with E-state index in [9.17, 15) is 14.9 Å². The first-order valence-electron chi connectivity index (χ1n) is 7.50. The number of hydrogen-bond acceptors (Lipinski definition) is 4. The number of carbonyl (C=O) groups is 1. The maximum Gasteiger partial charge on any atom is 0.312 e. The van der Waals surface area contributed by atoms with Crippen molar-refractivity contribution in [3.63, 3.8) is 0 Å². The Morgan fingerprint density at radius 3 is 2.54 bits per heavy atom. The summed E-state index contributed by atoms with van der Waals surface area (Å²) in [5.41, 5.74) is 2.16. The van der Waals surface area contributed by atoms with Crippen molar-refractivity contribution in [1.82, 2.24) is 4.57 Å². The van der Waals surface area contributed by atoms with Crippen LogP contribution in [-0.4, -0.2) is 21.9 Å². The second-order valence-corrected chi connectivity index (χ2v) is 6.27. The Hall–Kier alpha value is -2.34. The Balaban J connectivity index is 2.21. The van der Waals surface area contributed by atoms with E-state index in [0.29, 0.717) is 5.56 Å². The Bertz CT molecular complexity index is 796. The lowest BCUT2D eigenvalue weighted by atomic mass is 10.1. The first-order chi connectivity index (χ1) is 11.2. The van der Waals surface area contributed by atoms with Crippen LogP contribution in [0.1, 0.15) is 41.6 Å². The fourth-order valence-corrected chi connectivity index (χ4v) is 3.00. The van der Waals surface area contributed by atoms with Gasteiger partial charge in [-0.05, 0) is 45.9 Å². The first kappa shape index (κ1) is 18.0. The van der Waals surface area contributed by atoms with Crippen LogP contribution in [0.2, 0.25) is 5.02 Å². The number of rotatable bonds is 6. The van der Waals surface area contributed by atoms with Gasteiger partial charge in [-0.25, -0.2) is 0 Å². The van der Waals surface area contributed by atoms with Crippen molar-refractivity contribution in [3.05, 3.63) is 56.4 Å². The van der Waals surface area contributed by atoms with Crippen LogP contribution in [0.4, 0.5) is 5.69 Å². The normalized spacial score (nSPS) is 10.9. The molecule has 0 saturated carbocycles. The van der Waals surface area contributed by atoms with Gasteiger partial charge in [0.2, 0.25) is 5.78 Å². The fraction of sp³-hybridized carbons (Fsp3) is 0.353. The van der Waals surface area contributed by atoms with Gasteiger partial charge in [-0.2, -0.15) is 0 Å². The molecule has 2 aromatic rings. The average molecular weight is 351 g/mol. The number of halogens is 1. The summed E-state index contributed by atoms with van der Waals surface area (Å²) in [6, 6.07) is 6.14. The molecule has 128 valence electrons. The summed E-state index contributed by atoms with van der Waals surface area (Å²) in [7, 11) is 0. The topological polar surface area (TPSA) is 74.4 Å². The third-order valence-electron chi connectivity index (χ3n) is 3.78. The van der Waals surface area contributed by atoms with Crippen LogP contribution < -0.4 is 4.74 Å². The van der Waals surface area contributed by atoms with E-state index < -0.39 is 4.92 Å². The minimum atomic E-state index is -0.587. The number of nitro groups is 1. The van der Waals surface area contributed by atoms with Crippen molar-refractivity contribution >= 4 is 23.1 Å². The highest BCUT2D eigenvalue weighted by molar-refractivity contribution is 6.30. The molecule has 0 unspecified atom stereocenters. The Kier molecular flexibility index (Phi) is 5.29. The van der Waals surface area contributed by atoms with E-state index in [1.165, 1.54) is 18.2 Å². The molecule has 0 bridgehead atoms. The number of nitro benzene ring substituents is 1. The number of aryl methyl sites for hydroxylation is 1. The summed E-state index contributed by atoms with van der Waals surface area (Å²) in [5, 5.41) is 11.3. The molecule has 7 heteroatoms. The maximum absolute atomic E-state index is 12.4. The fourth-order valence-electron chi connectivity index (χ4n) is 2.83. The largest absolute Gasteiger partial charge is 0.478 e. The van der Waals surface area contributed by atoms with E-state index in [1.807, 2.05) is 33.8 Å². The lowest BCUT2D eigenvalue weighted by molar-refractivity contribution is -0.385. The summed E-state index contributed by atoms with van der Waals surface area (Å²) < 4.78 is 7.44. The molecule has 1 aromatic carbocycles. The highest BCUT2D eigenvalue weighted by Crippen LogP contribution is 2.30. The predicted octanol–water partition coefficient (Wildman–Crippen LogP) is 4.51. The van der Waals surface area contributed by atoms with Gasteiger partial charge in [0.15, 0.2) is 12.4 Å². The minimum Gasteiger partial charge on any atom is -0.478 e. The van der Waals surface area contributed by atoms with Gasteiger partial charge in [0.1, 0.15) is 0 Å². The zero-order chi connectivity index (χ0) is 18.0. The Morgan fingerprint density at radius 2 is 2.00 bits per heavy atom. The lowest BCUT2D eigenvalue weighted by Gasteiger charge is -2.13. The molecule has 0 amide bonds. The monoisotopic (exact) mass is 350 g/mol. The molecule has 0 spiro atoms. The summed E-state index contributed by atoms with van der Waals surface area (Å²) >= 11 is 5.76. The Morgan fingerprint density at radius 1 is 1.33 bits per heavy atom. The van der Waals surface area contributed by atoms with Crippen molar-refractivity contribution in [2.75, 3.05) is 6.61 Å². The molecule has 0 fully saturated rings. The highest BCUT2D eigenvalue weighted by atomic mass is 35.5. The van der Waals surface area contributed by atoms with E-state index in [2.05, 4.69) is 4.57 Å². The van der Waals surface area contributed by atoms with E-state index >= 15 is 0 Å². The van der Waals surface area contributed by atoms with E-state index in [4.69, 9.17) is 16.3 Å². The first-order valence-corrected chi connectivity index (χ1v) is 7.88. The number of benzene rings is 1.